The summed E-state index contributed by atoms with van der Waals surface area (Å²) in [5, 5.41) is 15.7. The van der Waals surface area contributed by atoms with Crippen LogP contribution in [0.3, 0.4) is 0 Å². The van der Waals surface area contributed by atoms with Crippen molar-refractivity contribution < 1.29 is 27.5 Å². The summed E-state index contributed by atoms with van der Waals surface area (Å²) in [6.45, 7) is 0. The van der Waals surface area contributed by atoms with Gasteiger partial charge in [0.2, 0.25) is 5.91 Å². The molecule has 1 unspecified atom stereocenters. The number of aromatic nitrogens is 3. The van der Waals surface area contributed by atoms with E-state index in [1.807, 2.05) is 0 Å². The summed E-state index contributed by atoms with van der Waals surface area (Å²) in [5.41, 5.74) is 0.964. The molecule has 13 heteroatoms. The zero-order chi connectivity index (χ0) is 22.9. The van der Waals surface area contributed by atoms with E-state index in [1.54, 1.807) is 24.3 Å². The van der Waals surface area contributed by atoms with Crippen LogP contribution in [0.15, 0.2) is 35.6 Å². The molecule has 1 fully saturated rings. The van der Waals surface area contributed by atoms with Gasteiger partial charge in [0.25, 0.3) is 5.91 Å². The Labute approximate surface area is 183 Å². The summed E-state index contributed by atoms with van der Waals surface area (Å²) in [5.74, 6) is -1.63. The van der Waals surface area contributed by atoms with Crippen molar-refractivity contribution >= 4 is 39.0 Å². The molecule has 3 heterocycles. The highest BCUT2D eigenvalue weighted by Crippen LogP contribution is 2.24. The van der Waals surface area contributed by atoms with Gasteiger partial charge < -0.3 is 10.1 Å². The van der Waals surface area contributed by atoms with Gasteiger partial charge in [0.1, 0.15) is 5.71 Å². The van der Waals surface area contributed by atoms with Crippen molar-refractivity contribution in [1.82, 2.24) is 20.0 Å². The van der Waals surface area contributed by atoms with Gasteiger partial charge in [0.05, 0.1) is 42.2 Å². The van der Waals surface area contributed by atoms with Crippen LogP contribution in [0.2, 0.25) is 0 Å². The number of rotatable bonds is 5. The van der Waals surface area contributed by atoms with Crippen LogP contribution >= 0.6 is 0 Å². The molecule has 1 saturated heterocycles. The number of amides is 2. The molecule has 0 bridgehead atoms. The molecule has 4 rings (SSSR count). The number of hydrogen-bond donors (Lipinski definition) is 1. The topological polar surface area (TPSA) is 153 Å². The lowest BCUT2D eigenvalue weighted by Gasteiger charge is -2.27. The molecule has 2 aliphatic rings. The minimum atomic E-state index is -3.21. The fourth-order valence-electron chi connectivity index (χ4n) is 3.54. The second-order valence-corrected chi connectivity index (χ2v) is 9.58. The van der Waals surface area contributed by atoms with Gasteiger partial charge in [-0.3, -0.25) is 9.59 Å². The molecule has 0 spiro atoms. The van der Waals surface area contributed by atoms with E-state index in [1.165, 1.54) is 18.0 Å². The van der Waals surface area contributed by atoms with Gasteiger partial charge in [-0.05, 0) is 18.6 Å². The molecule has 2 aromatic rings. The number of esters is 1. The van der Waals surface area contributed by atoms with Gasteiger partial charge in [-0.15, -0.1) is 5.10 Å². The molecule has 0 radical (unpaired) electrons. The SMILES string of the molecule is COC(=O)c1cn(-c2ccccc2NC(=O)C2=NN(C3CCS(=O)(=O)C3)C(=O)CC2)nn1. The Morgan fingerprint density at radius 3 is 2.72 bits per heavy atom. The standard InChI is InChI=1S/C19H20N6O6S/c1-31-19(28)15-10-24(23-21-15)16-5-3-2-4-13(16)20-18(27)14-6-7-17(26)25(22-14)12-8-9-32(29,30)11-12/h2-5,10,12H,6-9,11H2,1H3,(H,20,27). The quantitative estimate of drug-likeness (QED) is 0.619. The van der Waals surface area contributed by atoms with Crippen LogP contribution in [0.1, 0.15) is 29.8 Å². The minimum absolute atomic E-state index is 0.00264. The van der Waals surface area contributed by atoms with Crippen LogP contribution < -0.4 is 5.32 Å². The maximum Gasteiger partial charge on any atom is 0.360 e. The van der Waals surface area contributed by atoms with Crippen LogP contribution in [-0.4, -0.2) is 76.6 Å². The molecular formula is C19H20N6O6S. The number of para-hydroxylation sites is 2. The van der Waals surface area contributed by atoms with E-state index in [2.05, 4.69) is 25.5 Å². The lowest BCUT2D eigenvalue weighted by atomic mass is 10.1. The van der Waals surface area contributed by atoms with Crippen molar-refractivity contribution in [3.8, 4) is 5.69 Å². The molecule has 1 N–H and O–H groups in total. The predicted octanol–water partition coefficient (Wildman–Crippen LogP) is 0.158. The number of nitrogens with zero attached hydrogens (tertiary/aromatic N) is 5. The normalized spacial score (nSPS) is 20.0. The third-order valence-corrected chi connectivity index (χ3v) is 6.91. The Balaban J connectivity index is 1.55. The van der Waals surface area contributed by atoms with Crippen LogP contribution in [0.4, 0.5) is 5.69 Å². The van der Waals surface area contributed by atoms with Gasteiger partial charge in [0.15, 0.2) is 15.5 Å². The minimum Gasteiger partial charge on any atom is -0.464 e. The number of carbonyl (C=O) groups excluding carboxylic acids is 3. The Morgan fingerprint density at radius 2 is 2.00 bits per heavy atom. The monoisotopic (exact) mass is 460 g/mol. The summed E-state index contributed by atoms with van der Waals surface area (Å²) in [6, 6.07) is 6.19. The predicted molar refractivity (Wildman–Crippen MR) is 112 cm³/mol. The number of carbonyl (C=O) groups is 3. The van der Waals surface area contributed by atoms with E-state index in [4.69, 9.17) is 0 Å². The molecule has 12 nitrogen and oxygen atoms in total. The van der Waals surface area contributed by atoms with E-state index in [-0.39, 0.29) is 41.7 Å². The van der Waals surface area contributed by atoms with E-state index in [9.17, 15) is 22.8 Å². The second kappa shape index (κ2) is 8.49. The first-order chi connectivity index (χ1) is 15.3. The third kappa shape index (κ3) is 4.37. The molecule has 2 aliphatic heterocycles. The van der Waals surface area contributed by atoms with Gasteiger partial charge in [0, 0.05) is 12.8 Å². The first kappa shape index (κ1) is 21.6. The molecule has 1 atom stereocenters. The Kier molecular flexibility index (Phi) is 5.74. The van der Waals surface area contributed by atoms with Crippen LogP contribution in [0.5, 0.6) is 0 Å². The van der Waals surface area contributed by atoms with Gasteiger partial charge in [-0.1, -0.05) is 17.3 Å². The highest BCUT2D eigenvalue weighted by molar-refractivity contribution is 7.91. The molecular weight excluding hydrogens is 440 g/mol. The molecule has 1 aromatic heterocycles. The summed E-state index contributed by atoms with van der Waals surface area (Å²) in [7, 11) is -1.98. The van der Waals surface area contributed by atoms with E-state index in [0.29, 0.717) is 17.8 Å². The summed E-state index contributed by atoms with van der Waals surface area (Å²) < 4.78 is 29.5. The Morgan fingerprint density at radius 1 is 1.22 bits per heavy atom. The first-order valence-corrected chi connectivity index (χ1v) is 11.6. The molecule has 168 valence electrons. The number of ether oxygens (including phenoxy) is 1. The molecule has 2 amide bonds. The molecule has 1 aromatic carbocycles. The lowest BCUT2D eigenvalue weighted by Crippen LogP contribution is -2.42. The first-order valence-electron chi connectivity index (χ1n) is 9.79. The van der Waals surface area contributed by atoms with Crippen molar-refractivity contribution in [3.05, 3.63) is 36.2 Å². The number of hydrazone groups is 1. The largest absolute Gasteiger partial charge is 0.464 e. The van der Waals surface area contributed by atoms with Crippen LogP contribution in [0, 0.1) is 0 Å². The average Bonchev–Trinajstić information content (AvgIpc) is 3.40. The maximum atomic E-state index is 12.9. The second-order valence-electron chi connectivity index (χ2n) is 7.35. The van der Waals surface area contributed by atoms with Crippen molar-refractivity contribution in [1.29, 1.82) is 0 Å². The number of methoxy groups -OCH3 is 1. The third-order valence-electron chi connectivity index (χ3n) is 5.16. The summed E-state index contributed by atoms with van der Waals surface area (Å²) >= 11 is 0. The Bertz CT molecular complexity index is 1220. The Hall–Kier alpha value is -3.61. The van der Waals surface area contributed by atoms with E-state index in [0.717, 1.165) is 5.01 Å². The summed E-state index contributed by atoms with van der Waals surface area (Å²) in [6.07, 6.45) is 1.87. The highest BCUT2D eigenvalue weighted by Gasteiger charge is 2.37. The van der Waals surface area contributed by atoms with Crippen molar-refractivity contribution in [2.45, 2.75) is 25.3 Å². The van der Waals surface area contributed by atoms with Crippen LogP contribution in [0.25, 0.3) is 5.69 Å². The van der Waals surface area contributed by atoms with Gasteiger partial charge >= 0.3 is 5.97 Å². The van der Waals surface area contributed by atoms with Gasteiger partial charge in [-0.25, -0.2) is 22.9 Å². The zero-order valence-corrected chi connectivity index (χ0v) is 17.9. The maximum absolute atomic E-state index is 12.9. The van der Waals surface area contributed by atoms with Crippen molar-refractivity contribution in [2.75, 3.05) is 23.9 Å². The molecule has 0 aliphatic carbocycles. The number of anilines is 1. The highest BCUT2D eigenvalue weighted by atomic mass is 32.2. The van der Waals surface area contributed by atoms with Crippen LogP contribution in [-0.2, 0) is 24.2 Å². The van der Waals surface area contributed by atoms with Crippen molar-refractivity contribution in [3.63, 3.8) is 0 Å². The number of benzene rings is 1. The van der Waals surface area contributed by atoms with E-state index < -0.39 is 27.8 Å². The number of hydrogen-bond acceptors (Lipinski definition) is 9. The molecule has 0 saturated carbocycles. The lowest BCUT2D eigenvalue weighted by molar-refractivity contribution is -0.133. The number of sulfone groups is 1. The smallest absolute Gasteiger partial charge is 0.360 e. The fourth-order valence-corrected chi connectivity index (χ4v) is 5.23. The number of nitrogens with one attached hydrogen (secondary N) is 1. The zero-order valence-electron chi connectivity index (χ0n) is 17.1. The van der Waals surface area contributed by atoms with Crippen molar-refractivity contribution in [2.24, 2.45) is 5.10 Å². The summed E-state index contributed by atoms with van der Waals surface area (Å²) in [4.78, 5) is 36.8. The van der Waals surface area contributed by atoms with E-state index >= 15 is 0 Å². The fraction of sp³-hybridized carbons (Fsp3) is 0.368. The average molecular weight is 460 g/mol. The van der Waals surface area contributed by atoms with Gasteiger partial charge in [-0.2, -0.15) is 5.10 Å². The molecule has 32 heavy (non-hydrogen) atoms.